The van der Waals surface area contributed by atoms with Crippen LogP contribution in [0, 0.1) is 17.0 Å². The molecule has 1 aliphatic heterocycles. The number of nitro groups is 1. The highest BCUT2D eigenvalue weighted by Crippen LogP contribution is 2.36. The molecule has 2 aromatic carbocycles. The van der Waals surface area contributed by atoms with Crippen LogP contribution >= 0.6 is 0 Å². The molecule has 108 valence electrons. The van der Waals surface area contributed by atoms with E-state index >= 15 is 0 Å². The normalized spacial score (nSPS) is 14.4. The first-order valence-electron chi connectivity index (χ1n) is 6.98. The van der Waals surface area contributed by atoms with Gasteiger partial charge in [0.25, 0.3) is 5.69 Å². The van der Waals surface area contributed by atoms with Gasteiger partial charge in [-0.1, -0.05) is 24.3 Å². The van der Waals surface area contributed by atoms with E-state index in [0.29, 0.717) is 12.2 Å². The number of nitrogens with zero attached hydrogens (tertiary/aromatic N) is 2. The Morgan fingerprint density at radius 2 is 2.00 bits per heavy atom. The van der Waals surface area contributed by atoms with Crippen LogP contribution in [0.25, 0.3) is 0 Å². The molecular weight excluding hydrogens is 266 g/mol. The van der Waals surface area contributed by atoms with Gasteiger partial charge in [-0.05, 0) is 30.2 Å². The average Bonchev–Trinajstić information content (AvgIpc) is 2.69. The number of benzene rings is 2. The van der Waals surface area contributed by atoms with Gasteiger partial charge in [-0.3, -0.25) is 10.1 Å². The molecule has 0 aromatic heterocycles. The van der Waals surface area contributed by atoms with Crippen molar-refractivity contribution < 1.29 is 4.92 Å². The monoisotopic (exact) mass is 283 g/mol. The topological polar surface area (TPSA) is 58.4 Å². The van der Waals surface area contributed by atoms with E-state index < -0.39 is 0 Å². The standard InChI is InChI=1S/C16H17N3O2/c1-12-6-7-15(19(20)21)16(10-12)18-9-8-17-11-13-4-2-3-5-14(13)18/h2-7,10,17H,8-9,11H2,1H3. The third-order valence-corrected chi connectivity index (χ3v) is 3.73. The highest BCUT2D eigenvalue weighted by molar-refractivity contribution is 5.74. The second-order valence-corrected chi connectivity index (χ2v) is 5.21. The third kappa shape index (κ3) is 2.60. The van der Waals surface area contributed by atoms with E-state index in [4.69, 9.17) is 0 Å². The van der Waals surface area contributed by atoms with Crippen molar-refractivity contribution in [3.8, 4) is 0 Å². The van der Waals surface area contributed by atoms with Gasteiger partial charge < -0.3 is 10.2 Å². The number of hydrogen-bond acceptors (Lipinski definition) is 4. The fraction of sp³-hybridized carbons (Fsp3) is 0.250. The van der Waals surface area contributed by atoms with Crippen LogP contribution in [-0.2, 0) is 6.54 Å². The van der Waals surface area contributed by atoms with E-state index in [-0.39, 0.29) is 10.6 Å². The zero-order chi connectivity index (χ0) is 14.8. The van der Waals surface area contributed by atoms with Crippen molar-refractivity contribution in [3.63, 3.8) is 0 Å². The van der Waals surface area contributed by atoms with E-state index in [1.54, 1.807) is 12.1 Å². The summed E-state index contributed by atoms with van der Waals surface area (Å²) >= 11 is 0. The van der Waals surface area contributed by atoms with Gasteiger partial charge in [0.05, 0.1) is 4.92 Å². The lowest BCUT2D eigenvalue weighted by atomic mass is 10.1. The maximum Gasteiger partial charge on any atom is 0.292 e. The van der Waals surface area contributed by atoms with E-state index in [9.17, 15) is 10.1 Å². The van der Waals surface area contributed by atoms with Crippen LogP contribution in [-0.4, -0.2) is 18.0 Å². The van der Waals surface area contributed by atoms with Gasteiger partial charge in [0.2, 0.25) is 0 Å². The van der Waals surface area contributed by atoms with Crippen molar-refractivity contribution in [1.82, 2.24) is 5.32 Å². The minimum absolute atomic E-state index is 0.150. The van der Waals surface area contributed by atoms with Crippen molar-refractivity contribution >= 4 is 17.1 Å². The predicted molar refractivity (Wildman–Crippen MR) is 83.0 cm³/mol. The van der Waals surface area contributed by atoms with Gasteiger partial charge in [0, 0.05) is 31.4 Å². The molecule has 1 heterocycles. The molecule has 0 atom stereocenters. The number of fused-ring (bicyclic) bond motifs is 1. The van der Waals surface area contributed by atoms with Crippen LogP contribution in [0.3, 0.4) is 0 Å². The molecule has 0 fully saturated rings. The molecule has 0 radical (unpaired) electrons. The summed E-state index contributed by atoms with van der Waals surface area (Å²) < 4.78 is 0. The van der Waals surface area contributed by atoms with Crippen LogP contribution in [0.15, 0.2) is 42.5 Å². The van der Waals surface area contributed by atoms with Crippen molar-refractivity contribution in [3.05, 3.63) is 63.7 Å². The van der Waals surface area contributed by atoms with Crippen LogP contribution in [0.1, 0.15) is 11.1 Å². The van der Waals surface area contributed by atoms with Gasteiger partial charge in [-0.15, -0.1) is 0 Å². The number of nitro benzene ring substituents is 1. The van der Waals surface area contributed by atoms with Gasteiger partial charge in [-0.25, -0.2) is 0 Å². The summed E-state index contributed by atoms with van der Waals surface area (Å²) in [6.07, 6.45) is 0. The Balaban J connectivity index is 2.16. The molecule has 0 bridgehead atoms. The smallest absolute Gasteiger partial charge is 0.292 e. The molecule has 0 amide bonds. The quantitative estimate of drug-likeness (QED) is 0.679. The molecule has 21 heavy (non-hydrogen) atoms. The maximum absolute atomic E-state index is 11.3. The van der Waals surface area contributed by atoms with Crippen LogP contribution in [0.2, 0.25) is 0 Å². The van der Waals surface area contributed by atoms with E-state index in [2.05, 4.69) is 11.4 Å². The zero-order valence-corrected chi connectivity index (χ0v) is 11.9. The van der Waals surface area contributed by atoms with E-state index in [1.807, 2.05) is 36.1 Å². The Morgan fingerprint density at radius 3 is 2.81 bits per heavy atom. The van der Waals surface area contributed by atoms with Gasteiger partial charge in [-0.2, -0.15) is 0 Å². The summed E-state index contributed by atoms with van der Waals surface area (Å²) in [4.78, 5) is 13.1. The number of aryl methyl sites for hydroxylation is 1. The van der Waals surface area contributed by atoms with Crippen LogP contribution in [0.5, 0.6) is 0 Å². The van der Waals surface area contributed by atoms with Gasteiger partial charge in [0.15, 0.2) is 0 Å². The SMILES string of the molecule is Cc1ccc([N+](=O)[O-])c(N2CCNCc3ccccc32)c1. The zero-order valence-electron chi connectivity index (χ0n) is 11.9. The number of nitrogens with one attached hydrogen (secondary N) is 1. The first kappa shape index (κ1) is 13.6. The van der Waals surface area contributed by atoms with Crippen molar-refractivity contribution in [1.29, 1.82) is 0 Å². The summed E-state index contributed by atoms with van der Waals surface area (Å²) in [7, 11) is 0. The summed E-state index contributed by atoms with van der Waals surface area (Å²) in [5.74, 6) is 0. The Labute approximate surface area is 123 Å². The van der Waals surface area contributed by atoms with E-state index in [1.165, 1.54) is 0 Å². The second kappa shape index (κ2) is 5.54. The lowest BCUT2D eigenvalue weighted by Gasteiger charge is -2.24. The Bertz CT molecular complexity index is 685. The summed E-state index contributed by atoms with van der Waals surface area (Å²) in [5, 5.41) is 14.7. The Morgan fingerprint density at radius 1 is 1.19 bits per heavy atom. The predicted octanol–water partition coefficient (Wildman–Crippen LogP) is 3.14. The van der Waals surface area contributed by atoms with Crippen LogP contribution < -0.4 is 10.2 Å². The number of rotatable bonds is 2. The minimum Gasteiger partial charge on any atom is -0.334 e. The largest absolute Gasteiger partial charge is 0.334 e. The third-order valence-electron chi connectivity index (χ3n) is 3.73. The highest BCUT2D eigenvalue weighted by atomic mass is 16.6. The average molecular weight is 283 g/mol. The first-order chi connectivity index (χ1) is 10.2. The number of anilines is 2. The number of para-hydroxylation sites is 1. The Hall–Kier alpha value is -2.40. The highest BCUT2D eigenvalue weighted by Gasteiger charge is 2.23. The molecule has 0 unspecified atom stereocenters. The molecule has 1 N–H and O–H groups in total. The fourth-order valence-corrected chi connectivity index (χ4v) is 2.71. The fourth-order valence-electron chi connectivity index (χ4n) is 2.71. The summed E-state index contributed by atoms with van der Waals surface area (Å²) in [6.45, 7) is 4.24. The van der Waals surface area contributed by atoms with Gasteiger partial charge in [0.1, 0.15) is 5.69 Å². The molecule has 0 saturated heterocycles. The lowest BCUT2D eigenvalue weighted by Crippen LogP contribution is -2.25. The molecule has 0 aliphatic carbocycles. The summed E-state index contributed by atoms with van der Waals surface area (Å²) in [6, 6.07) is 13.3. The first-order valence-corrected chi connectivity index (χ1v) is 6.98. The maximum atomic E-state index is 11.3. The Kier molecular flexibility index (Phi) is 3.58. The molecule has 1 aliphatic rings. The van der Waals surface area contributed by atoms with E-state index in [0.717, 1.165) is 29.9 Å². The summed E-state index contributed by atoms with van der Waals surface area (Å²) in [5.41, 5.74) is 4.03. The number of hydrogen-bond donors (Lipinski definition) is 1. The van der Waals surface area contributed by atoms with Gasteiger partial charge >= 0.3 is 0 Å². The van der Waals surface area contributed by atoms with Crippen molar-refractivity contribution in [2.45, 2.75) is 13.5 Å². The molecule has 5 heteroatoms. The van der Waals surface area contributed by atoms with Crippen molar-refractivity contribution in [2.75, 3.05) is 18.0 Å². The lowest BCUT2D eigenvalue weighted by molar-refractivity contribution is -0.384. The molecule has 5 nitrogen and oxygen atoms in total. The second-order valence-electron chi connectivity index (χ2n) is 5.21. The molecule has 0 saturated carbocycles. The minimum atomic E-state index is -0.310. The van der Waals surface area contributed by atoms with Crippen LogP contribution in [0.4, 0.5) is 17.1 Å². The molecule has 3 rings (SSSR count). The molecule has 2 aromatic rings. The molecule has 0 spiro atoms. The molecular formula is C16H17N3O2. The van der Waals surface area contributed by atoms with Crippen molar-refractivity contribution in [2.24, 2.45) is 0 Å².